The molecule has 20 heavy (non-hydrogen) atoms. The van der Waals surface area contributed by atoms with Gasteiger partial charge >= 0.3 is 0 Å². The van der Waals surface area contributed by atoms with Crippen LogP contribution < -0.4 is 0 Å². The van der Waals surface area contributed by atoms with Crippen LogP contribution in [0.5, 0.6) is 0 Å². The zero-order valence-electron chi connectivity index (χ0n) is 11.8. The van der Waals surface area contributed by atoms with Crippen molar-refractivity contribution in [2.75, 3.05) is 25.0 Å². The molecule has 4 heteroatoms. The highest BCUT2D eigenvalue weighted by atomic mass is 79.9. The molecule has 3 nitrogen and oxygen atoms in total. The van der Waals surface area contributed by atoms with E-state index >= 15 is 0 Å². The monoisotopic (exact) mass is 339 g/mol. The van der Waals surface area contributed by atoms with E-state index in [9.17, 15) is 4.79 Å². The van der Waals surface area contributed by atoms with Gasteiger partial charge in [-0.15, -0.1) is 0 Å². The number of halogens is 1. The molecule has 0 radical (unpaired) electrons. The molecule has 0 aliphatic carbocycles. The normalized spacial score (nSPS) is 16.4. The Labute approximate surface area is 129 Å². The van der Waals surface area contributed by atoms with Crippen molar-refractivity contribution in [1.82, 2.24) is 4.90 Å². The molecule has 1 fully saturated rings. The molecule has 0 saturated carbocycles. The quantitative estimate of drug-likeness (QED) is 0.745. The van der Waals surface area contributed by atoms with Gasteiger partial charge in [0.05, 0.1) is 12.7 Å². The third kappa shape index (κ3) is 4.91. The lowest BCUT2D eigenvalue weighted by molar-refractivity contribution is -0.133. The minimum Gasteiger partial charge on any atom is -0.377 e. The number of rotatable bonds is 6. The molecule has 0 N–H and O–H groups in total. The SMILES string of the molecule is O=C(CCc1ccccc1)N1CCC(OCCBr)CC1. The Balaban J connectivity index is 1.69. The summed E-state index contributed by atoms with van der Waals surface area (Å²) in [5, 5.41) is 0.878. The second-order valence-electron chi connectivity index (χ2n) is 5.13. The summed E-state index contributed by atoms with van der Waals surface area (Å²) >= 11 is 3.36. The highest BCUT2D eigenvalue weighted by molar-refractivity contribution is 9.09. The fourth-order valence-electron chi connectivity index (χ4n) is 2.54. The first kappa shape index (κ1) is 15.5. The molecule has 1 aromatic carbocycles. The predicted octanol–water partition coefficient (Wildman–Crippen LogP) is 3.02. The lowest BCUT2D eigenvalue weighted by atomic mass is 10.1. The van der Waals surface area contributed by atoms with Gasteiger partial charge in [0, 0.05) is 24.8 Å². The lowest BCUT2D eigenvalue weighted by Gasteiger charge is -2.32. The number of nitrogens with zero attached hydrogens (tertiary/aromatic N) is 1. The summed E-state index contributed by atoms with van der Waals surface area (Å²) in [6, 6.07) is 10.2. The first-order valence-corrected chi connectivity index (χ1v) is 8.41. The van der Waals surface area contributed by atoms with Crippen molar-refractivity contribution in [3.63, 3.8) is 0 Å². The molecule has 1 amide bonds. The van der Waals surface area contributed by atoms with E-state index < -0.39 is 0 Å². The first-order valence-electron chi connectivity index (χ1n) is 7.29. The molecule has 0 bridgehead atoms. The largest absolute Gasteiger partial charge is 0.377 e. The van der Waals surface area contributed by atoms with E-state index in [0.29, 0.717) is 12.5 Å². The number of benzene rings is 1. The van der Waals surface area contributed by atoms with Crippen molar-refractivity contribution in [1.29, 1.82) is 0 Å². The van der Waals surface area contributed by atoms with Crippen molar-refractivity contribution in [3.8, 4) is 0 Å². The van der Waals surface area contributed by atoms with Crippen molar-refractivity contribution >= 4 is 21.8 Å². The van der Waals surface area contributed by atoms with Gasteiger partial charge in [0.2, 0.25) is 5.91 Å². The molecule has 0 spiro atoms. The van der Waals surface area contributed by atoms with Crippen LogP contribution in [0, 0.1) is 0 Å². The standard InChI is InChI=1S/C16H22BrNO2/c17-10-13-20-15-8-11-18(12-9-15)16(19)7-6-14-4-2-1-3-5-14/h1-5,15H,6-13H2. The second kappa shape index (κ2) is 8.42. The van der Waals surface area contributed by atoms with Gasteiger partial charge < -0.3 is 9.64 Å². The maximum absolute atomic E-state index is 12.2. The summed E-state index contributed by atoms with van der Waals surface area (Å²) < 4.78 is 5.70. The first-order chi connectivity index (χ1) is 9.79. The Bertz CT molecular complexity index is 402. The zero-order valence-corrected chi connectivity index (χ0v) is 13.3. The topological polar surface area (TPSA) is 29.5 Å². The van der Waals surface area contributed by atoms with Crippen LogP contribution >= 0.6 is 15.9 Å². The van der Waals surface area contributed by atoms with E-state index in [2.05, 4.69) is 28.1 Å². The number of ether oxygens (including phenoxy) is 1. The average Bonchev–Trinajstić information content (AvgIpc) is 2.52. The maximum atomic E-state index is 12.2. The summed E-state index contributed by atoms with van der Waals surface area (Å²) in [4.78, 5) is 14.2. The van der Waals surface area contributed by atoms with Crippen molar-refractivity contribution < 1.29 is 9.53 Å². The minimum atomic E-state index is 0.271. The highest BCUT2D eigenvalue weighted by Crippen LogP contribution is 2.15. The molecule has 1 aliphatic heterocycles. The fraction of sp³-hybridized carbons (Fsp3) is 0.562. The van der Waals surface area contributed by atoms with Crippen LogP contribution in [0.3, 0.4) is 0 Å². The van der Waals surface area contributed by atoms with Crippen LogP contribution in [0.25, 0.3) is 0 Å². The van der Waals surface area contributed by atoms with Gasteiger partial charge in [-0.05, 0) is 24.8 Å². The Morgan fingerprint density at radius 2 is 1.95 bits per heavy atom. The van der Waals surface area contributed by atoms with Crippen molar-refractivity contribution in [2.45, 2.75) is 31.8 Å². The van der Waals surface area contributed by atoms with Gasteiger partial charge in [-0.25, -0.2) is 0 Å². The van der Waals surface area contributed by atoms with Crippen LogP contribution in [0.1, 0.15) is 24.8 Å². The number of amides is 1. The second-order valence-corrected chi connectivity index (χ2v) is 5.92. The summed E-state index contributed by atoms with van der Waals surface area (Å²) in [5.41, 5.74) is 1.23. The van der Waals surface area contributed by atoms with Crippen LogP contribution in [-0.2, 0) is 16.0 Å². The number of aryl methyl sites for hydroxylation is 1. The van der Waals surface area contributed by atoms with Gasteiger partial charge in [0.15, 0.2) is 0 Å². The van der Waals surface area contributed by atoms with Crippen LogP contribution in [0.2, 0.25) is 0 Å². The number of alkyl halides is 1. The minimum absolute atomic E-state index is 0.271. The molecule has 1 saturated heterocycles. The highest BCUT2D eigenvalue weighted by Gasteiger charge is 2.22. The van der Waals surface area contributed by atoms with Crippen molar-refractivity contribution in [3.05, 3.63) is 35.9 Å². The van der Waals surface area contributed by atoms with Gasteiger partial charge in [-0.2, -0.15) is 0 Å². The molecule has 0 atom stereocenters. The van der Waals surface area contributed by atoms with Crippen LogP contribution in [-0.4, -0.2) is 41.9 Å². The summed E-state index contributed by atoms with van der Waals surface area (Å²) in [6.45, 7) is 2.42. The Kier molecular flexibility index (Phi) is 6.54. The number of hydrogen-bond donors (Lipinski definition) is 0. The van der Waals surface area contributed by atoms with E-state index in [-0.39, 0.29) is 5.91 Å². The van der Waals surface area contributed by atoms with Crippen molar-refractivity contribution in [2.24, 2.45) is 0 Å². The van der Waals surface area contributed by atoms with E-state index in [1.54, 1.807) is 0 Å². The van der Waals surface area contributed by atoms with E-state index in [1.807, 2.05) is 23.1 Å². The predicted molar refractivity (Wildman–Crippen MR) is 84.1 cm³/mol. The fourth-order valence-corrected chi connectivity index (χ4v) is 2.72. The number of hydrogen-bond acceptors (Lipinski definition) is 2. The Morgan fingerprint density at radius 3 is 2.60 bits per heavy atom. The van der Waals surface area contributed by atoms with Gasteiger partial charge in [-0.3, -0.25) is 4.79 Å². The van der Waals surface area contributed by atoms with Gasteiger partial charge in [0.1, 0.15) is 0 Å². The summed E-state index contributed by atoms with van der Waals surface area (Å²) in [7, 11) is 0. The molecule has 0 aromatic heterocycles. The maximum Gasteiger partial charge on any atom is 0.222 e. The van der Waals surface area contributed by atoms with Gasteiger partial charge in [0.25, 0.3) is 0 Å². The summed E-state index contributed by atoms with van der Waals surface area (Å²) in [6.07, 6.45) is 3.69. The molecule has 1 aliphatic rings. The van der Waals surface area contributed by atoms with Crippen LogP contribution in [0.4, 0.5) is 0 Å². The number of piperidine rings is 1. The number of carbonyl (C=O) groups excluding carboxylic acids is 1. The molecular weight excluding hydrogens is 318 g/mol. The third-order valence-electron chi connectivity index (χ3n) is 3.70. The van der Waals surface area contributed by atoms with E-state index in [4.69, 9.17) is 4.74 Å². The molecule has 1 aromatic rings. The van der Waals surface area contributed by atoms with Gasteiger partial charge in [-0.1, -0.05) is 46.3 Å². The molecule has 0 unspecified atom stereocenters. The Morgan fingerprint density at radius 1 is 1.25 bits per heavy atom. The zero-order chi connectivity index (χ0) is 14.2. The lowest BCUT2D eigenvalue weighted by Crippen LogP contribution is -2.41. The number of likely N-dealkylation sites (tertiary alicyclic amines) is 1. The Hall–Kier alpha value is -0.870. The van der Waals surface area contributed by atoms with Crippen LogP contribution in [0.15, 0.2) is 30.3 Å². The molecule has 110 valence electrons. The molecule has 1 heterocycles. The molecular formula is C16H22BrNO2. The molecule has 2 rings (SSSR count). The number of carbonyl (C=O) groups is 1. The smallest absolute Gasteiger partial charge is 0.222 e. The van der Waals surface area contributed by atoms with E-state index in [1.165, 1.54) is 5.56 Å². The third-order valence-corrected chi connectivity index (χ3v) is 4.02. The summed E-state index contributed by atoms with van der Waals surface area (Å²) in [5.74, 6) is 0.271. The average molecular weight is 340 g/mol. The van der Waals surface area contributed by atoms with E-state index in [0.717, 1.165) is 44.3 Å².